The van der Waals surface area contributed by atoms with Gasteiger partial charge in [0.2, 0.25) is 5.91 Å². The van der Waals surface area contributed by atoms with Crippen molar-refractivity contribution in [3.63, 3.8) is 0 Å². The Morgan fingerprint density at radius 3 is 2.71 bits per heavy atom. The van der Waals surface area contributed by atoms with Crippen molar-refractivity contribution in [3.8, 4) is 0 Å². The van der Waals surface area contributed by atoms with Crippen LogP contribution in [0.3, 0.4) is 0 Å². The first-order chi connectivity index (χ1) is 13.1. The van der Waals surface area contributed by atoms with Crippen LogP contribution in [0.4, 0.5) is 0 Å². The van der Waals surface area contributed by atoms with Crippen molar-refractivity contribution >= 4 is 35.8 Å². The molecule has 1 saturated heterocycles. The predicted molar refractivity (Wildman–Crippen MR) is 127 cm³/mol. The number of carbonyl (C=O) groups is 1. The first-order valence-corrected chi connectivity index (χ1v) is 10.2. The number of carbonyl (C=O) groups excluding carboxylic acids is 1. The Morgan fingerprint density at radius 2 is 2.04 bits per heavy atom. The molecule has 1 atom stereocenters. The van der Waals surface area contributed by atoms with Crippen LogP contribution in [0.15, 0.2) is 35.3 Å². The van der Waals surface area contributed by atoms with Crippen LogP contribution in [0.25, 0.3) is 0 Å². The van der Waals surface area contributed by atoms with E-state index in [2.05, 4.69) is 59.8 Å². The number of hydrogen-bond donors (Lipinski definition) is 2. The lowest BCUT2D eigenvalue weighted by atomic mass is 10.2. The number of nitrogens with zero attached hydrogens (tertiary/aromatic N) is 3. The quantitative estimate of drug-likeness (QED) is 0.237. The zero-order valence-corrected chi connectivity index (χ0v) is 19.8. The van der Waals surface area contributed by atoms with Crippen molar-refractivity contribution < 1.29 is 4.79 Å². The Hall–Kier alpha value is -1.35. The van der Waals surface area contributed by atoms with Crippen LogP contribution in [0.1, 0.15) is 38.7 Å². The molecule has 1 aliphatic rings. The molecule has 1 amide bonds. The molecule has 0 radical (unpaired) electrons. The van der Waals surface area contributed by atoms with Crippen molar-refractivity contribution in [1.82, 2.24) is 20.4 Å². The summed E-state index contributed by atoms with van der Waals surface area (Å²) in [6.07, 6.45) is 2.58. The standard InChI is InChI=1S/C21H35N5O.HI/c1-4-20(27)26-15-12-19(17-26)24-21(22-5-2)23-13-9-14-25(3)16-18-10-7-6-8-11-18;/h6-8,10-11,19H,4-5,9,12-17H2,1-3H3,(H2,22,23,24);1H. The number of amides is 1. The van der Waals surface area contributed by atoms with E-state index in [1.165, 1.54) is 5.56 Å². The van der Waals surface area contributed by atoms with E-state index in [9.17, 15) is 4.79 Å². The second-order valence-electron chi connectivity index (χ2n) is 7.16. The van der Waals surface area contributed by atoms with Crippen LogP contribution in [0.5, 0.6) is 0 Å². The predicted octanol–water partition coefficient (Wildman–Crippen LogP) is 2.69. The topological polar surface area (TPSA) is 60.0 Å². The van der Waals surface area contributed by atoms with Crippen LogP contribution in [-0.2, 0) is 11.3 Å². The molecule has 2 N–H and O–H groups in total. The molecule has 0 saturated carbocycles. The maximum atomic E-state index is 11.8. The fraction of sp³-hybridized carbons (Fsp3) is 0.619. The first-order valence-electron chi connectivity index (χ1n) is 10.2. The summed E-state index contributed by atoms with van der Waals surface area (Å²) in [6.45, 7) is 9.22. The average molecular weight is 501 g/mol. The number of aliphatic imine (C=N–C) groups is 1. The molecule has 6 nitrogen and oxygen atoms in total. The van der Waals surface area contributed by atoms with Gasteiger partial charge in [0.1, 0.15) is 0 Å². The molecule has 0 aromatic heterocycles. The van der Waals surface area contributed by atoms with E-state index in [0.29, 0.717) is 12.5 Å². The molecular weight excluding hydrogens is 465 g/mol. The minimum atomic E-state index is 0. The largest absolute Gasteiger partial charge is 0.357 e. The molecule has 158 valence electrons. The van der Waals surface area contributed by atoms with Gasteiger partial charge in [0, 0.05) is 45.2 Å². The van der Waals surface area contributed by atoms with Crippen LogP contribution < -0.4 is 10.6 Å². The van der Waals surface area contributed by atoms with Crippen molar-refractivity contribution in [2.45, 2.75) is 45.7 Å². The van der Waals surface area contributed by atoms with Gasteiger partial charge in [-0.2, -0.15) is 0 Å². The second kappa shape index (κ2) is 13.8. The monoisotopic (exact) mass is 501 g/mol. The summed E-state index contributed by atoms with van der Waals surface area (Å²) in [5.74, 6) is 1.10. The van der Waals surface area contributed by atoms with E-state index in [0.717, 1.165) is 58.1 Å². The lowest BCUT2D eigenvalue weighted by molar-refractivity contribution is -0.129. The number of nitrogens with one attached hydrogen (secondary N) is 2. The SMILES string of the molecule is CCNC(=NCCCN(C)Cc1ccccc1)NC1CCN(C(=O)CC)C1.I. The van der Waals surface area contributed by atoms with Gasteiger partial charge in [-0.05, 0) is 38.9 Å². The van der Waals surface area contributed by atoms with Crippen LogP contribution >= 0.6 is 24.0 Å². The lowest BCUT2D eigenvalue weighted by Gasteiger charge is -2.19. The second-order valence-corrected chi connectivity index (χ2v) is 7.16. The molecule has 0 aliphatic carbocycles. The summed E-state index contributed by atoms with van der Waals surface area (Å²) in [5, 5.41) is 6.80. The Labute approximate surface area is 187 Å². The molecule has 1 aliphatic heterocycles. The minimum absolute atomic E-state index is 0. The van der Waals surface area contributed by atoms with E-state index in [1.807, 2.05) is 11.8 Å². The van der Waals surface area contributed by atoms with Crippen molar-refractivity contribution in [2.24, 2.45) is 4.99 Å². The summed E-state index contributed by atoms with van der Waals surface area (Å²) in [4.78, 5) is 20.8. The number of hydrogen-bond acceptors (Lipinski definition) is 3. The van der Waals surface area contributed by atoms with E-state index in [1.54, 1.807) is 0 Å². The fourth-order valence-corrected chi connectivity index (χ4v) is 3.35. The summed E-state index contributed by atoms with van der Waals surface area (Å²) in [7, 11) is 2.15. The number of halogens is 1. The molecule has 7 heteroatoms. The van der Waals surface area contributed by atoms with Gasteiger partial charge < -0.3 is 20.4 Å². The summed E-state index contributed by atoms with van der Waals surface area (Å²) < 4.78 is 0. The molecule has 1 aromatic rings. The zero-order chi connectivity index (χ0) is 19.5. The minimum Gasteiger partial charge on any atom is -0.357 e. The number of benzene rings is 1. The fourth-order valence-electron chi connectivity index (χ4n) is 3.35. The first kappa shape index (κ1) is 24.7. The maximum Gasteiger partial charge on any atom is 0.222 e. The normalized spacial score (nSPS) is 16.8. The van der Waals surface area contributed by atoms with Gasteiger partial charge in [-0.15, -0.1) is 24.0 Å². The lowest BCUT2D eigenvalue weighted by Crippen LogP contribution is -2.45. The smallest absolute Gasteiger partial charge is 0.222 e. The molecule has 28 heavy (non-hydrogen) atoms. The maximum absolute atomic E-state index is 11.8. The van der Waals surface area contributed by atoms with Crippen molar-refractivity contribution in [2.75, 3.05) is 39.8 Å². The van der Waals surface area contributed by atoms with Gasteiger partial charge in [0.05, 0.1) is 0 Å². The average Bonchev–Trinajstić information content (AvgIpc) is 3.14. The molecule has 1 unspecified atom stereocenters. The summed E-state index contributed by atoms with van der Waals surface area (Å²) in [6, 6.07) is 10.8. The van der Waals surface area contributed by atoms with E-state index in [4.69, 9.17) is 4.99 Å². The summed E-state index contributed by atoms with van der Waals surface area (Å²) in [5.41, 5.74) is 1.34. The molecule has 1 heterocycles. The molecule has 0 bridgehead atoms. The van der Waals surface area contributed by atoms with E-state index in [-0.39, 0.29) is 29.9 Å². The molecule has 0 spiro atoms. The third kappa shape index (κ3) is 8.77. The zero-order valence-electron chi connectivity index (χ0n) is 17.5. The van der Waals surface area contributed by atoms with Crippen molar-refractivity contribution in [3.05, 3.63) is 35.9 Å². The van der Waals surface area contributed by atoms with E-state index >= 15 is 0 Å². The highest BCUT2D eigenvalue weighted by Gasteiger charge is 2.25. The van der Waals surface area contributed by atoms with Crippen LogP contribution in [0, 0.1) is 0 Å². The highest BCUT2D eigenvalue weighted by molar-refractivity contribution is 14.0. The van der Waals surface area contributed by atoms with Gasteiger partial charge in [-0.3, -0.25) is 9.79 Å². The Kier molecular flexibility index (Phi) is 12.1. The van der Waals surface area contributed by atoms with Gasteiger partial charge in [-0.1, -0.05) is 37.3 Å². The van der Waals surface area contributed by atoms with Gasteiger partial charge in [-0.25, -0.2) is 0 Å². The molecular formula is C21H36IN5O. The Bertz CT molecular complexity index is 596. The Balaban J connectivity index is 0.00000392. The van der Waals surface area contributed by atoms with Crippen molar-refractivity contribution in [1.29, 1.82) is 0 Å². The number of guanidine groups is 1. The highest BCUT2D eigenvalue weighted by atomic mass is 127. The number of likely N-dealkylation sites (tertiary alicyclic amines) is 1. The third-order valence-electron chi connectivity index (χ3n) is 4.79. The highest BCUT2D eigenvalue weighted by Crippen LogP contribution is 2.10. The van der Waals surface area contributed by atoms with Crippen LogP contribution in [-0.4, -0.2) is 67.5 Å². The molecule has 2 rings (SSSR count). The van der Waals surface area contributed by atoms with Gasteiger partial charge in [0.25, 0.3) is 0 Å². The third-order valence-corrected chi connectivity index (χ3v) is 4.79. The number of rotatable bonds is 9. The summed E-state index contributed by atoms with van der Waals surface area (Å²) >= 11 is 0. The molecule has 1 aromatic carbocycles. The van der Waals surface area contributed by atoms with Gasteiger partial charge >= 0.3 is 0 Å². The van der Waals surface area contributed by atoms with Gasteiger partial charge in [0.15, 0.2) is 5.96 Å². The molecule has 1 fully saturated rings. The van der Waals surface area contributed by atoms with E-state index < -0.39 is 0 Å². The van der Waals surface area contributed by atoms with Crippen LogP contribution in [0.2, 0.25) is 0 Å². The Morgan fingerprint density at radius 1 is 1.29 bits per heavy atom.